The normalized spacial score (nSPS) is 13.0. The van der Waals surface area contributed by atoms with Gasteiger partial charge in [-0.25, -0.2) is 0 Å². The van der Waals surface area contributed by atoms with E-state index in [-0.39, 0.29) is 0 Å². The monoisotopic (exact) mass is 297 g/mol. The van der Waals surface area contributed by atoms with Crippen molar-refractivity contribution in [1.29, 1.82) is 0 Å². The summed E-state index contributed by atoms with van der Waals surface area (Å²) < 4.78 is 1.16. The standard InChI is InChI=1S/C15H24BrN/c1-4-17-11-14(6-5-12(2)3)13-7-9-15(16)10-8-13/h7-10,12,14,17H,4-6,11H2,1-3H3. The molecule has 1 atom stereocenters. The first-order valence-electron chi connectivity index (χ1n) is 6.59. The Morgan fingerprint density at radius 2 is 1.76 bits per heavy atom. The zero-order valence-corrected chi connectivity index (χ0v) is 12.8. The van der Waals surface area contributed by atoms with E-state index in [4.69, 9.17) is 0 Å². The van der Waals surface area contributed by atoms with Gasteiger partial charge in [0, 0.05) is 11.0 Å². The second kappa shape index (κ2) is 7.88. The topological polar surface area (TPSA) is 12.0 Å². The van der Waals surface area contributed by atoms with E-state index in [2.05, 4.69) is 66.3 Å². The number of likely N-dealkylation sites (N-methyl/N-ethyl adjacent to an activating group) is 1. The van der Waals surface area contributed by atoms with Crippen LogP contribution in [0.3, 0.4) is 0 Å². The molecule has 0 spiro atoms. The quantitative estimate of drug-likeness (QED) is 0.777. The fraction of sp³-hybridized carbons (Fsp3) is 0.600. The van der Waals surface area contributed by atoms with Gasteiger partial charge in [0.2, 0.25) is 0 Å². The van der Waals surface area contributed by atoms with Gasteiger partial charge >= 0.3 is 0 Å². The molecule has 0 aliphatic rings. The SMILES string of the molecule is CCNCC(CCC(C)C)c1ccc(Br)cc1. The summed E-state index contributed by atoms with van der Waals surface area (Å²) in [5.74, 6) is 1.43. The molecule has 0 aromatic heterocycles. The van der Waals surface area contributed by atoms with Crippen LogP contribution in [-0.4, -0.2) is 13.1 Å². The Morgan fingerprint density at radius 3 is 2.29 bits per heavy atom. The van der Waals surface area contributed by atoms with Crippen molar-refractivity contribution < 1.29 is 0 Å². The van der Waals surface area contributed by atoms with Gasteiger partial charge in [0.15, 0.2) is 0 Å². The third-order valence-corrected chi connectivity index (χ3v) is 3.60. The van der Waals surface area contributed by atoms with Crippen molar-refractivity contribution in [3.8, 4) is 0 Å². The molecule has 1 rings (SSSR count). The highest BCUT2D eigenvalue weighted by atomic mass is 79.9. The van der Waals surface area contributed by atoms with Crippen molar-refractivity contribution in [2.24, 2.45) is 5.92 Å². The molecular formula is C15H24BrN. The van der Waals surface area contributed by atoms with Crippen LogP contribution in [0.15, 0.2) is 28.7 Å². The lowest BCUT2D eigenvalue weighted by Crippen LogP contribution is -2.21. The minimum Gasteiger partial charge on any atom is -0.316 e. The Bertz CT molecular complexity index is 305. The van der Waals surface area contributed by atoms with E-state index in [1.165, 1.54) is 18.4 Å². The van der Waals surface area contributed by atoms with Crippen molar-refractivity contribution in [1.82, 2.24) is 5.32 Å². The van der Waals surface area contributed by atoms with E-state index in [0.717, 1.165) is 23.5 Å². The highest BCUT2D eigenvalue weighted by Gasteiger charge is 2.11. The molecule has 0 fully saturated rings. The third kappa shape index (κ3) is 5.69. The van der Waals surface area contributed by atoms with Crippen LogP contribution in [0.1, 0.15) is 45.1 Å². The van der Waals surface area contributed by atoms with E-state index in [0.29, 0.717) is 5.92 Å². The van der Waals surface area contributed by atoms with E-state index in [1.807, 2.05) is 0 Å². The predicted molar refractivity (Wildman–Crippen MR) is 79.5 cm³/mol. The van der Waals surface area contributed by atoms with Gasteiger partial charge < -0.3 is 5.32 Å². The first kappa shape index (κ1) is 14.7. The summed E-state index contributed by atoms with van der Waals surface area (Å²) in [5.41, 5.74) is 1.45. The molecule has 1 nitrogen and oxygen atoms in total. The fourth-order valence-electron chi connectivity index (χ4n) is 1.97. The second-order valence-electron chi connectivity index (χ2n) is 5.03. The number of rotatable bonds is 7. The van der Waals surface area contributed by atoms with E-state index >= 15 is 0 Å². The molecule has 0 aliphatic heterocycles. The Morgan fingerprint density at radius 1 is 1.12 bits per heavy atom. The van der Waals surface area contributed by atoms with Crippen LogP contribution in [-0.2, 0) is 0 Å². The van der Waals surface area contributed by atoms with Gasteiger partial charge in [-0.2, -0.15) is 0 Å². The molecular weight excluding hydrogens is 274 g/mol. The Kier molecular flexibility index (Phi) is 6.83. The van der Waals surface area contributed by atoms with Crippen molar-refractivity contribution in [2.45, 2.75) is 39.5 Å². The van der Waals surface area contributed by atoms with Gasteiger partial charge in [0.05, 0.1) is 0 Å². The number of nitrogens with one attached hydrogen (secondary N) is 1. The summed E-state index contributed by atoms with van der Waals surface area (Å²) in [6.45, 7) is 8.90. The molecule has 2 heteroatoms. The maximum absolute atomic E-state index is 3.49. The van der Waals surface area contributed by atoms with Crippen LogP contribution >= 0.6 is 15.9 Å². The van der Waals surface area contributed by atoms with Crippen LogP contribution in [0.2, 0.25) is 0 Å². The Hall–Kier alpha value is -0.340. The summed E-state index contributed by atoms with van der Waals surface area (Å²) in [6.07, 6.45) is 2.57. The van der Waals surface area contributed by atoms with Crippen molar-refractivity contribution in [3.05, 3.63) is 34.3 Å². The predicted octanol–water partition coefficient (Wildman–Crippen LogP) is 4.58. The molecule has 0 aliphatic carbocycles. The molecule has 1 N–H and O–H groups in total. The molecule has 0 amide bonds. The number of benzene rings is 1. The lowest BCUT2D eigenvalue weighted by molar-refractivity contribution is 0.480. The maximum Gasteiger partial charge on any atom is 0.0175 e. The van der Waals surface area contributed by atoms with Gasteiger partial charge in [-0.1, -0.05) is 55.3 Å². The van der Waals surface area contributed by atoms with E-state index in [1.54, 1.807) is 0 Å². The summed E-state index contributed by atoms with van der Waals surface area (Å²) in [6, 6.07) is 8.77. The van der Waals surface area contributed by atoms with Gasteiger partial charge in [-0.15, -0.1) is 0 Å². The summed E-state index contributed by atoms with van der Waals surface area (Å²) in [4.78, 5) is 0. The van der Waals surface area contributed by atoms with Crippen molar-refractivity contribution in [2.75, 3.05) is 13.1 Å². The molecule has 1 aromatic rings. The van der Waals surface area contributed by atoms with Crippen LogP contribution in [0.5, 0.6) is 0 Å². The van der Waals surface area contributed by atoms with Crippen molar-refractivity contribution in [3.63, 3.8) is 0 Å². The average molecular weight is 298 g/mol. The van der Waals surface area contributed by atoms with Crippen LogP contribution in [0.25, 0.3) is 0 Å². The number of hydrogen-bond acceptors (Lipinski definition) is 1. The fourth-order valence-corrected chi connectivity index (χ4v) is 2.24. The third-order valence-electron chi connectivity index (χ3n) is 3.07. The smallest absolute Gasteiger partial charge is 0.0175 e. The van der Waals surface area contributed by atoms with E-state index < -0.39 is 0 Å². The summed E-state index contributed by atoms with van der Waals surface area (Å²) in [5, 5.41) is 3.47. The van der Waals surface area contributed by atoms with Crippen molar-refractivity contribution >= 4 is 15.9 Å². The molecule has 0 saturated heterocycles. The lowest BCUT2D eigenvalue weighted by Gasteiger charge is -2.19. The second-order valence-corrected chi connectivity index (χ2v) is 5.94. The zero-order chi connectivity index (χ0) is 12.7. The van der Waals surface area contributed by atoms with Crippen LogP contribution < -0.4 is 5.32 Å². The highest BCUT2D eigenvalue weighted by molar-refractivity contribution is 9.10. The van der Waals surface area contributed by atoms with Gasteiger partial charge in [-0.3, -0.25) is 0 Å². The molecule has 0 radical (unpaired) electrons. The summed E-state index contributed by atoms with van der Waals surface area (Å²) >= 11 is 3.49. The molecule has 17 heavy (non-hydrogen) atoms. The average Bonchev–Trinajstić information content (AvgIpc) is 2.30. The zero-order valence-electron chi connectivity index (χ0n) is 11.2. The molecule has 0 saturated carbocycles. The minimum absolute atomic E-state index is 0.644. The summed E-state index contributed by atoms with van der Waals surface area (Å²) in [7, 11) is 0. The molecule has 1 unspecified atom stereocenters. The minimum atomic E-state index is 0.644. The van der Waals surface area contributed by atoms with Gasteiger partial charge in [-0.05, 0) is 42.5 Å². The van der Waals surface area contributed by atoms with Crippen LogP contribution in [0.4, 0.5) is 0 Å². The number of halogens is 1. The lowest BCUT2D eigenvalue weighted by atomic mass is 9.91. The van der Waals surface area contributed by atoms with Crippen LogP contribution in [0, 0.1) is 5.92 Å². The molecule has 96 valence electrons. The number of hydrogen-bond donors (Lipinski definition) is 1. The van der Waals surface area contributed by atoms with Gasteiger partial charge in [0.25, 0.3) is 0 Å². The Balaban J connectivity index is 2.63. The highest BCUT2D eigenvalue weighted by Crippen LogP contribution is 2.24. The first-order chi connectivity index (χ1) is 8.13. The molecule has 0 heterocycles. The van der Waals surface area contributed by atoms with Gasteiger partial charge in [0.1, 0.15) is 0 Å². The first-order valence-corrected chi connectivity index (χ1v) is 7.39. The molecule has 0 bridgehead atoms. The van der Waals surface area contributed by atoms with E-state index in [9.17, 15) is 0 Å². The maximum atomic E-state index is 3.49. The Labute approximate surface area is 114 Å². The largest absolute Gasteiger partial charge is 0.316 e. The molecule has 1 aromatic carbocycles.